The highest BCUT2D eigenvalue weighted by atomic mass is 32.2. The molecule has 0 aliphatic carbocycles. The number of benzene rings is 2. The highest BCUT2D eigenvalue weighted by Crippen LogP contribution is 2.31. The van der Waals surface area contributed by atoms with Gasteiger partial charge in [-0.2, -0.15) is 0 Å². The molecule has 0 spiro atoms. The Labute approximate surface area is 237 Å². The van der Waals surface area contributed by atoms with Crippen molar-refractivity contribution in [2.45, 2.75) is 107 Å². The van der Waals surface area contributed by atoms with Crippen LogP contribution in [0.1, 0.15) is 96.8 Å². The molecule has 8 heteroatoms. The number of unbranched alkanes of at least 4 members (excludes halogenated alkanes) is 12. The number of nitrogens with one attached hydrogen (secondary N) is 3. The van der Waals surface area contributed by atoms with E-state index >= 15 is 0 Å². The van der Waals surface area contributed by atoms with Crippen molar-refractivity contribution < 1.29 is 14.3 Å². The molecule has 0 aliphatic heterocycles. The molecule has 0 bridgehead atoms. The lowest BCUT2D eigenvalue weighted by molar-refractivity contribution is -0.116. The van der Waals surface area contributed by atoms with Gasteiger partial charge in [0.1, 0.15) is 0 Å². The number of methoxy groups -OCH3 is 1. The van der Waals surface area contributed by atoms with Gasteiger partial charge in [-0.15, -0.1) is 0 Å². The average Bonchev–Trinajstić information content (AvgIpc) is 3.33. The molecule has 0 saturated carbocycles. The summed E-state index contributed by atoms with van der Waals surface area (Å²) in [4.78, 5) is 33.2. The Bertz CT molecular complexity index is 1150. The Morgan fingerprint density at radius 3 is 2.00 bits per heavy atom. The Balaban J connectivity index is 1.28. The van der Waals surface area contributed by atoms with Gasteiger partial charge in [0.15, 0.2) is 0 Å². The van der Waals surface area contributed by atoms with Gasteiger partial charge in [0, 0.05) is 21.9 Å². The van der Waals surface area contributed by atoms with Crippen molar-refractivity contribution in [3.8, 4) is 0 Å². The van der Waals surface area contributed by atoms with E-state index in [0.717, 1.165) is 39.4 Å². The maximum atomic E-state index is 12.3. The first-order valence-electron chi connectivity index (χ1n) is 14.5. The van der Waals surface area contributed by atoms with E-state index in [1.54, 1.807) is 11.8 Å². The van der Waals surface area contributed by atoms with Gasteiger partial charge in [-0.3, -0.25) is 10.1 Å². The molecule has 2 aromatic carbocycles. The summed E-state index contributed by atoms with van der Waals surface area (Å²) in [6, 6.07) is 13.8. The zero-order chi connectivity index (χ0) is 27.7. The smallest absolute Gasteiger partial charge is 0.413 e. The lowest BCUT2D eigenvalue weighted by atomic mass is 10.0. The quantitative estimate of drug-likeness (QED) is 0.137. The van der Waals surface area contributed by atoms with Gasteiger partial charge in [0.25, 0.3) is 0 Å². The minimum atomic E-state index is -0.569. The first-order chi connectivity index (χ1) is 19.1. The number of nitrogens with zero attached hydrogens (tertiary/aromatic N) is 1. The fraction of sp³-hybridized carbons (Fsp3) is 0.516. The Morgan fingerprint density at radius 1 is 0.795 bits per heavy atom. The van der Waals surface area contributed by atoms with E-state index in [4.69, 9.17) is 0 Å². The summed E-state index contributed by atoms with van der Waals surface area (Å²) < 4.78 is 4.60. The zero-order valence-corrected chi connectivity index (χ0v) is 24.3. The lowest BCUT2D eigenvalue weighted by Crippen LogP contribution is -2.11. The summed E-state index contributed by atoms with van der Waals surface area (Å²) in [6.07, 6.45) is 17.0. The van der Waals surface area contributed by atoms with Crippen LogP contribution in [0.25, 0.3) is 11.0 Å². The lowest BCUT2D eigenvalue weighted by Gasteiger charge is -2.07. The van der Waals surface area contributed by atoms with Crippen LogP contribution in [0.2, 0.25) is 0 Å². The number of amides is 2. The normalized spacial score (nSPS) is 11.0. The minimum absolute atomic E-state index is 0.0829. The van der Waals surface area contributed by atoms with Crippen molar-refractivity contribution >= 4 is 46.4 Å². The summed E-state index contributed by atoms with van der Waals surface area (Å²) in [5, 5.41) is 5.56. The molecular weight excluding hydrogens is 508 g/mol. The molecule has 0 unspecified atom stereocenters. The van der Waals surface area contributed by atoms with Crippen LogP contribution >= 0.6 is 11.8 Å². The molecule has 3 rings (SSSR count). The first kappa shape index (κ1) is 30.5. The Morgan fingerprint density at radius 2 is 1.38 bits per heavy atom. The monoisotopic (exact) mass is 552 g/mol. The topological polar surface area (TPSA) is 96.1 Å². The standard InChI is InChI=1S/C31H44N4O3S/c1-3-4-5-6-7-8-9-10-11-12-13-14-15-16-29(36)32-24-17-19-25(20-18-24)39-26-21-22-27-28(23-26)34-30(33-27)35-31(37)38-2/h17-23H,3-16H2,1-2H3,(H,32,36)(H2,33,34,35,37). The predicted molar refractivity (Wildman–Crippen MR) is 162 cm³/mol. The summed E-state index contributed by atoms with van der Waals surface area (Å²) in [6.45, 7) is 2.27. The number of aromatic nitrogens is 2. The first-order valence-corrected chi connectivity index (χ1v) is 15.3. The Kier molecular flexibility index (Phi) is 13.8. The van der Waals surface area contributed by atoms with Gasteiger partial charge in [0.05, 0.1) is 18.1 Å². The number of imidazole rings is 1. The van der Waals surface area contributed by atoms with E-state index < -0.39 is 6.09 Å². The third-order valence-corrected chi connectivity index (χ3v) is 7.74. The number of ether oxygens (including phenoxy) is 1. The molecule has 3 N–H and O–H groups in total. The summed E-state index contributed by atoms with van der Waals surface area (Å²) in [5.41, 5.74) is 2.40. The number of anilines is 2. The molecule has 0 aliphatic rings. The molecule has 212 valence electrons. The maximum absolute atomic E-state index is 12.3. The number of fused-ring (bicyclic) bond motifs is 1. The summed E-state index contributed by atoms with van der Waals surface area (Å²) in [7, 11) is 1.31. The van der Waals surface area contributed by atoms with E-state index in [0.29, 0.717) is 12.4 Å². The highest BCUT2D eigenvalue weighted by Gasteiger charge is 2.08. The maximum Gasteiger partial charge on any atom is 0.413 e. The third kappa shape index (κ3) is 11.7. The Hall–Kier alpha value is -3.00. The fourth-order valence-corrected chi connectivity index (χ4v) is 5.39. The van der Waals surface area contributed by atoms with Gasteiger partial charge >= 0.3 is 6.09 Å². The summed E-state index contributed by atoms with van der Waals surface area (Å²) >= 11 is 1.62. The van der Waals surface area contributed by atoms with Crippen molar-refractivity contribution in [2.75, 3.05) is 17.7 Å². The van der Waals surface area contributed by atoms with Crippen LogP contribution in [0.4, 0.5) is 16.4 Å². The van der Waals surface area contributed by atoms with Crippen molar-refractivity contribution in [1.82, 2.24) is 9.97 Å². The second kappa shape index (κ2) is 17.6. The van der Waals surface area contributed by atoms with Crippen molar-refractivity contribution in [3.63, 3.8) is 0 Å². The zero-order valence-electron chi connectivity index (χ0n) is 23.5. The number of carbonyl (C=O) groups is 2. The molecule has 39 heavy (non-hydrogen) atoms. The number of rotatable bonds is 18. The van der Waals surface area contributed by atoms with Crippen LogP contribution in [-0.2, 0) is 9.53 Å². The molecule has 0 radical (unpaired) electrons. The fourth-order valence-electron chi connectivity index (χ4n) is 4.53. The number of hydrogen-bond acceptors (Lipinski definition) is 5. The highest BCUT2D eigenvalue weighted by molar-refractivity contribution is 7.99. The van der Waals surface area contributed by atoms with Crippen LogP contribution in [0.5, 0.6) is 0 Å². The molecular formula is C31H44N4O3S. The van der Waals surface area contributed by atoms with E-state index in [-0.39, 0.29) is 5.91 Å². The molecule has 0 saturated heterocycles. The number of aromatic amines is 1. The summed E-state index contributed by atoms with van der Waals surface area (Å²) in [5.74, 6) is 0.428. The molecule has 3 aromatic rings. The van der Waals surface area contributed by atoms with Crippen LogP contribution in [0, 0.1) is 0 Å². The van der Waals surface area contributed by atoms with Gasteiger partial charge in [-0.05, 0) is 48.9 Å². The molecule has 1 heterocycles. The predicted octanol–water partition coefficient (Wildman–Crippen LogP) is 9.31. The molecule has 0 atom stereocenters. The number of carbonyl (C=O) groups excluding carboxylic acids is 2. The average molecular weight is 553 g/mol. The minimum Gasteiger partial charge on any atom is -0.453 e. The van der Waals surface area contributed by atoms with Crippen LogP contribution in [0.3, 0.4) is 0 Å². The van der Waals surface area contributed by atoms with Crippen molar-refractivity contribution in [3.05, 3.63) is 42.5 Å². The van der Waals surface area contributed by atoms with Crippen LogP contribution in [0.15, 0.2) is 52.3 Å². The molecule has 1 aromatic heterocycles. The van der Waals surface area contributed by atoms with E-state index in [9.17, 15) is 9.59 Å². The second-order valence-corrected chi connectivity index (χ2v) is 11.2. The largest absolute Gasteiger partial charge is 0.453 e. The molecule has 2 amide bonds. The SMILES string of the molecule is CCCCCCCCCCCCCCCC(=O)Nc1ccc(Sc2ccc3nc(NC(=O)OC)[nH]c3c2)cc1. The third-order valence-electron chi connectivity index (χ3n) is 6.74. The van der Waals surface area contributed by atoms with Gasteiger partial charge in [0.2, 0.25) is 11.9 Å². The van der Waals surface area contributed by atoms with Crippen molar-refractivity contribution in [2.24, 2.45) is 0 Å². The molecule has 7 nitrogen and oxygen atoms in total. The number of hydrogen-bond donors (Lipinski definition) is 3. The van der Waals surface area contributed by atoms with Gasteiger partial charge in [-0.25, -0.2) is 9.78 Å². The van der Waals surface area contributed by atoms with Crippen molar-refractivity contribution in [1.29, 1.82) is 0 Å². The van der Waals surface area contributed by atoms with Crippen LogP contribution < -0.4 is 10.6 Å². The van der Waals surface area contributed by atoms with Gasteiger partial charge in [-0.1, -0.05) is 95.7 Å². The second-order valence-electron chi connectivity index (χ2n) is 10.0. The number of H-pyrrole nitrogens is 1. The van der Waals surface area contributed by atoms with Crippen LogP contribution in [-0.4, -0.2) is 29.1 Å². The van der Waals surface area contributed by atoms with E-state index in [2.05, 4.69) is 32.3 Å². The molecule has 0 fully saturated rings. The van der Waals surface area contributed by atoms with E-state index in [1.807, 2.05) is 42.5 Å². The van der Waals surface area contributed by atoms with E-state index in [1.165, 1.54) is 77.7 Å². The van der Waals surface area contributed by atoms with Gasteiger partial charge < -0.3 is 15.0 Å².